The number of rotatable bonds is 8. The molecular formula is C48H78O17. The second-order valence-corrected chi connectivity index (χ2v) is 24.0. The van der Waals surface area contributed by atoms with Crippen LogP contribution in [0, 0.1) is 50.2 Å². The molecule has 4 saturated carbocycles. The van der Waals surface area contributed by atoms with Crippen molar-refractivity contribution in [2.45, 2.75) is 217 Å². The van der Waals surface area contributed by atoms with E-state index in [1.165, 1.54) is 6.92 Å². The molecule has 0 amide bonds. The van der Waals surface area contributed by atoms with Gasteiger partial charge in [-0.25, -0.2) is 0 Å². The van der Waals surface area contributed by atoms with Crippen LogP contribution in [-0.2, 0) is 33.2 Å². The van der Waals surface area contributed by atoms with Crippen LogP contribution in [0.4, 0.5) is 0 Å². The van der Waals surface area contributed by atoms with Crippen molar-refractivity contribution >= 4 is 0 Å². The molecule has 25 atom stereocenters. The zero-order valence-electron chi connectivity index (χ0n) is 39.3. The van der Waals surface area contributed by atoms with Gasteiger partial charge in [-0.05, 0) is 91.8 Å². The molecule has 2 unspecified atom stereocenters. The van der Waals surface area contributed by atoms with Crippen molar-refractivity contribution in [3.05, 3.63) is 12.2 Å². The van der Waals surface area contributed by atoms with Gasteiger partial charge in [0.1, 0.15) is 67.1 Å². The molecule has 10 N–H and O–H groups in total. The van der Waals surface area contributed by atoms with Gasteiger partial charge >= 0.3 is 0 Å². The molecule has 9 rings (SSSR count). The van der Waals surface area contributed by atoms with Crippen LogP contribution in [0.25, 0.3) is 0 Å². The van der Waals surface area contributed by atoms with Crippen LogP contribution in [0.1, 0.15) is 107 Å². The molecule has 17 heteroatoms. The molecule has 372 valence electrons. The summed E-state index contributed by atoms with van der Waals surface area (Å²) in [6, 6.07) is 0. The summed E-state index contributed by atoms with van der Waals surface area (Å²) < 4.78 is 43.5. The minimum Gasteiger partial charge on any atom is -0.394 e. The zero-order valence-corrected chi connectivity index (χ0v) is 39.3. The lowest BCUT2D eigenvalue weighted by atomic mass is 9.32. The highest BCUT2D eigenvalue weighted by Crippen LogP contribution is 2.79. The maximum Gasteiger partial charge on any atom is 0.187 e. The summed E-state index contributed by atoms with van der Waals surface area (Å²) in [5, 5.41) is 109. The molecule has 4 heterocycles. The maximum absolute atomic E-state index is 12.2. The van der Waals surface area contributed by atoms with Gasteiger partial charge in [-0.2, -0.15) is 0 Å². The first-order valence-electron chi connectivity index (χ1n) is 24.3. The Bertz CT molecular complexity index is 1780. The van der Waals surface area contributed by atoms with E-state index >= 15 is 0 Å². The van der Waals surface area contributed by atoms with Crippen LogP contribution in [-0.4, -0.2) is 181 Å². The SMILES string of the molecule is C[C@@H]1O[C@@H](O[C@H]2[C@H](O)[C@@H](O)[C@H](O[C@H]3CC[C@]4(C)[C@H]5C=CC67OCC8(CCC(C)(C)C[C@H]86)[C@@H](O)C[C@@]7(C)[C@]5(C)CC[C@H]4C3(C)C)O[C@@H]2CO[C@@H]2O[C@H](CO)[C@@H](O)[C@H](O)[C@H]2O)[C@H](O)[C@H](O)[C@H]1O. The lowest BCUT2D eigenvalue weighted by molar-refractivity contribution is -0.374. The summed E-state index contributed by atoms with van der Waals surface area (Å²) >= 11 is 0. The van der Waals surface area contributed by atoms with Crippen molar-refractivity contribution in [2.75, 3.05) is 19.8 Å². The van der Waals surface area contributed by atoms with Crippen LogP contribution < -0.4 is 0 Å². The van der Waals surface area contributed by atoms with Crippen LogP contribution >= 0.6 is 0 Å². The smallest absolute Gasteiger partial charge is 0.187 e. The molecule has 17 nitrogen and oxygen atoms in total. The van der Waals surface area contributed by atoms with Gasteiger partial charge in [-0.1, -0.05) is 60.6 Å². The maximum atomic E-state index is 12.2. The van der Waals surface area contributed by atoms with Crippen LogP contribution in [0.2, 0.25) is 0 Å². The van der Waals surface area contributed by atoms with E-state index in [2.05, 4.69) is 60.6 Å². The van der Waals surface area contributed by atoms with Gasteiger partial charge in [-0.15, -0.1) is 0 Å². The Hall–Kier alpha value is -0.940. The number of hydrogen-bond acceptors (Lipinski definition) is 17. The van der Waals surface area contributed by atoms with E-state index in [1.54, 1.807) is 0 Å². The summed E-state index contributed by atoms with van der Waals surface area (Å²) in [6.45, 7) is 17.2. The molecule has 4 aliphatic heterocycles. The summed E-state index contributed by atoms with van der Waals surface area (Å²) in [5.41, 5.74) is -1.61. The fourth-order valence-electron chi connectivity index (χ4n) is 15.7. The quantitative estimate of drug-likeness (QED) is 0.118. The van der Waals surface area contributed by atoms with Gasteiger partial charge in [0.25, 0.3) is 0 Å². The Morgan fingerprint density at radius 1 is 0.631 bits per heavy atom. The van der Waals surface area contributed by atoms with E-state index < -0.39 is 129 Å². The third kappa shape index (κ3) is 7.09. The molecule has 4 saturated heterocycles. The minimum atomic E-state index is -1.75. The molecule has 2 bridgehead atoms. The topological polar surface area (TPSA) is 267 Å². The van der Waals surface area contributed by atoms with E-state index in [-0.39, 0.29) is 44.8 Å². The predicted molar refractivity (Wildman–Crippen MR) is 228 cm³/mol. The van der Waals surface area contributed by atoms with E-state index in [9.17, 15) is 51.1 Å². The summed E-state index contributed by atoms with van der Waals surface area (Å²) in [5.74, 6) is 0.593. The summed E-state index contributed by atoms with van der Waals surface area (Å²) in [4.78, 5) is 0. The Morgan fingerprint density at radius 2 is 1.28 bits per heavy atom. The molecule has 0 aromatic heterocycles. The number of allylic oxidation sites excluding steroid dienone is 1. The van der Waals surface area contributed by atoms with Gasteiger partial charge < -0.3 is 84.2 Å². The number of ether oxygens (including phenoxy) is 7. The van der Waals surface area contributed by atoms with Crippen LogP contribution in [0.15, 0.2) is 12.2 Å². The second kappa shape index (κ2) is 16.6. The van der Waals surface area contributed by atoms with Crippen molar-refractivity contribution in [3.8, 4) is 0 Å². The van der Waals surface area contributed by atoms with Gasteiger partial charge in [0.05, 0.1) is 43.7 Å². The van der Waals surface area contributed by atoms with Gasteiger partial charge in [0, 0.05) is 16.7 Å². The lowest BCUT2D eigenvalue weighted by Crippen LogP contribution is -2.72. The number of hydrogen-bond donors (Lipinski definition) is 10. The first kappa shape index (κ1) is 49.1. The zero-order chi connectivity index (χ0) is 47.2. The molecular weight excluding hydrogens is 849 g/mol. The standard InChI is InChI=1S/C48H78O17/c1-22-30(51)32(53)36(57)40(61-22)65-38-24(20-59-39-35(56)33(54)31(52)23(19-49)62-39)63-41(37(58)34(38)55)64-29-11-12-44(6)25(43(29,4)5)9-13-45(7)26(44)10-14-48-27-17-42(2,3)15-16-47(27,21-60-48)28(50)18-46(45,48)8/h10,14,22-41,49-58H,9,11-13,15-21H2,1-8H3/t22-,23+,24+,25-,26+,27+,28-,29-,30-,31+,32+,33-,34+,35+,36+,37+,38+,39+,40-,41-,44-,45+,46-,47?,48?/m0/s1. The normalized spacial score (nSPS) is 58.0. The fraction of sp³-hybridized carbons (Fsp3) is 0.958. The lowest BCUT2D eigenvalue weighted by Gasteiger charge is -2.73. The Labute approximate surface area is 382 Å². The molecule has 5 aliphatic carbocycles. The van der Waals surface area contributed by atoms with E-state index in [1.807, 2.05) is 0 Å². The van der Waals surface area contributed by atoms with Crippen molar-refractivity contribution < 1.29 is 84.2 Å². The number of aliphatic hydroxyl groups excluding tert-OH is 10. The number of fused-ring (bicyclic) bond motifs is 4. The van der Waals surface area contributed by atoms with Crippen molar-refractivity contribution in [3.63, 3.8) is 0 Å². The molecule has 0 aromatic carbocycles. The fourth-order valence-corrected chi connectivity index (χ4v) is 15.7. The van der Waals surface area contributed by atoms with Crippen molar-refractivity contribution in [1.29, 1.82) is 0 Å². The average Bonchev–Trinajstić information content (AvgIpc) is 3.52. The highest BCUT2D eigenvalue weighted by atomic mass is 16.8. The predicted octanol–water partition coefficient (Wildman–Crippen LogP) is 0.629. The molecule has 1 spiro atoms. The Balaban J connectivity index is 0.958. The Kier molecular flexibility index (Phi) is 12.5. The van der Waals surface area contributed by atoms with Crippen molar-refractivity contribution in [1.82, 2.24) is 0 Å². The molecule has 0 radical (unpaired) electrons. The highest BCUT2D eigenvalue weighted by molar-refractivity contribution is 5.36. The second-order valence-electron chi connectivity index (χ2n) is 24.0. The molecule has 65 heavy (non-hydrogen) atoms. The van der Waals surface area contributed by atoms with E-state index in [0.29, 0.717) is 19.4 Å². The third-order valence-corrected chi connectivity index (χ3v) is 19.9. The van der Waals surface area contributed by atoms with Gasteiger partial charge in [-0.3, -0.25) is 0 Å². The van der Waals surface area contributed by atoms with Crippen LogP contribution in [0.3, 0.4) is 0 Å². The summed E-state index contributed by atoms with van der Waals surface area (Å²) in [6.07, 6.45) is -12.0. The molecule has 8 fully saturated rings. The summed E-state index contributed by atoms with van der Waals surface area (Å²) in [7, 11) is 0. The third-order valence-electron chi connectivity index (χ3n) is 19.9. The average molecular weight is 927 g/mol. The highest BCUT2D eigenvalue weighted by Gasteiger charge is 2.79. The first-order chi connectivity index (χ1) is 30.3. The van der Waals surface area contributed by atoms with E-state index in [0.717, 1.165) is 38.5 Å². The van der Waals surface area contributed by atoms with E-state index in [4.69, 9.17) is 33.2 Å². The number of aliphatic hydroxyl groups is 10. The molecule has 9 aliphatic rings. The monoisotopic (exact) mass is 927 g/mol. The van der Waals surface area contributed by atoms with Gasteiger partial charge in [0.2, 0.25) is 0 Å². The first-order valence-corrected chi connectivity index (χ1v) is 24.3. The van der Waals surface area contributed by atoms with Crippen molar-refractivity contribution in [2.24, 2.45) is 50.2 Å². The van der Waals surface area contributed by atoms with Crippen LogP contribution in [0.5, 0.6) is 0 Å². The molecule has 0 aromatic rings. The van der Waals surface area contributed by atoms with Gasteiger partial charge in [0.15, 0.2) is 18.9 Å². The minimum absolute atomic E-state index is 0.163. The Morgan fingerprint density at radius 3 is 1.98 bits per heavy atom. The largest absolute Gasteiger partial charge is 0.394 e.